The van der Waals surface area contributed by atoms with Crippen molar-refractivity contribution < 1.29 is 22.1 Å². The van der Waals surface area contributed by atoms with E-state index < -0.39 is 16.0 Å². The largest absolute Gasteiger partial charge is 0.497 e. The highest BCUT2D eigenvalue weighted by molar-refractivity contribution is 9.10. The molecular weight excluding hydrogens is 522 g/mol. The van der Waals surface area contributed by atoms with Crippen LogP contribution in [-0.2, 0) is 16.7 Å². The molecule has 4 aromatic rings. The molecule has 4 rings (SSSR count). The fourth-order valence-electron chi connectivity index (χ4n) is 3.22. The maximum absolute atomic E-state index is 13.1. The molecule has 0 radical (unpaired) electrons. The lowest BCUT2D eigenvalue weighted by Gasteiger charge is -2.14. The maximum atomic E-state index is 13.1. The fraction of sp³-hybridized carbons (Fsp3) is 0.125. The van der Waals surface area contributed by atoms with Crippen molar-refractivity contribution in [2.75, 3.05) is 7.11 Å². The van der Waals surface area contributed by atoms with Crippen LogP contribution in [-0.4, -0.2) is 31.4 Å². The van der Waals surface area contributed by atoms with Crippen molar-refractivity contribution in [3.63, 3.8) is 0 Å². The van der Waals surface area contributed by atoms with Gasteiger partial charge < -0.3 is 14.2 Å². The van der Waals surface area contributed by atoms with Gasteiger partial charge in [0.05, 0.1) is 7.11 Å². The van der Waals surface area contributed by atoms with Crippen LogP contribution in [0.4, 0.5) is 0 Å². The highest BCUT2D eigenvalue weighted by Crippen LogP contribution is 2.33. The quantitative estimate of drug-likeness (QED) is 0.272. The number of fused-ring (bicyclic) bond motifs is 1. The lowest BCUT2D eigenvalue weighted by atomic mass is 10.2. The van der Waals surface area contributed by atoms with Gasteiger partial charge >= 0.3 is 10.1 Å². The van der Waals surface area contributed by atoms with Crippen molar-refractivity contribution in [2.24, 2.45) is 0 Å². The monoisotopic (exact) mass is 541 g/mol. The SMILES string of the molecule is COc1cccc(CNC(=O)c2nc(Br)c3cccnc3c2OS(=O)(=O)c2ccc(C)cc2)c1. The number of aromatic nitrogens is 2. The van der Waals surface area contributed by atoms with Gasteiger partial charge in [-0.3, -0.25) is 9.78 Å². The number of halogens is 1. The zero-order valence-corrected chi connectivity index (χ0v) is 20.7. The summed E-state index contributed by atoms with van der Waals surface area (Å²) in [7, 11) is -2.70. The van der Waals surface area contributed by atoms with E-state index in [2.05, 4.69) is 31.2 Å². The molecule has 0 saturated carbocycles. The summed E-state index contributed by atoms with van der Waals surface area (Å²) >= 11 is 3.34. The van der Waals surface area contributed by atoms with Gasteiger partial charge in [0.25, 0.3) is 5.91 Å². The minimum absolute atomic E-state index is 0.0483. The summed E-state index contributed by atoms with van der Waals surface area (Å²) in [5, 5.41) is 3.25. The average molecular weight is 542 g/mol. The number of pyridine rings is 2. The molecule has 0 fully saturated rings. The van der Waals surface area contributed by atoms with Crippen LogP contribution in [0.5, 0.6) is 11.5 Å². The Labute approximate surface area is 205 Å². The molecule has 0 aliphatic carbocycles. The van der Waals surface area contributed by atoms with Gasteiger partial charge in [0.1, 0.15) is 20.8 Å². The van der Waals surface area contributed by atoms with Crippen molar-refractivity contribution in [1.82, 2.24) is 15.3 Å². The van der Waals surface area contributed by atoms with Gasteiger partial charge in [0.2, 0.25) is 5.75 Å². The van der Waals surface area contributed by atoms with E-state index in [0.29, 0.717) is 15.7 Å². The first kappa shape index (κ1) is 23.7. The smallest absolute Gasteiger partial charge is 0.339 e. The maximum Gasteiger partial charge on any atom is 0.339 e. The number of aryl methyl sites for hydroxylation is 1. The van der Waals surface area contributed by atoms with Gasteiger partial charge in [-0.25, -0.2) is 4.98 Å². The lowest BCUT2D eigenvalue weighted by molar-refractivity contribution is 0.0944. The highest BCUT2D eigenvalue weighted by atomic mass is 79.9. The van der Waals surface area contributed by atoms with Gasteiger partial charge in [0, 0.05) is 18.1 Å². The molecule has 0 unspecified atom stereocenters. The normalized spacial score (nSPS) is 11.3. The van der Waals surface area contributed by atoms with E-state index in [1.807, 2.05) is 13.0 Å². The third-order valence-electron chi connectivity index (χ3n) is 4.98. The molecule has 2 heterocycles. The molecule has 0 aliphatic heterocycles. The molecule has 10 heteroatoms. The van der Waals surface area contributed by atoms with E-state index in [0.717, 1.165) is 11.1 Å². The molecule has 8 nitrogen and oxygen atoms in total. The number of nitrogens with one attached hydrogen (secondary N) is 1. The van der Waals surface area contributed by atoms with Gasteiger partial charge in [-0.05, 0) is 64.8 Å². The lowest BCUT2D eigenvalue weighted by Crippen LogP contribution is -2.25. The van der Waals surface area contributed by atoms with Crippen LogP contribution in [0.3, 0.4) is 0 Å². The van der Waals surface area contributed by atoms with Gasteiger partial charge in [-0.2, -0.15) is 8.42 Å². The van der Waals surface area contributed by atoms with E-state index in [-0.39, 0.29) is 28.4 Å². The number of carbonyl (C=O) groups excluding carboxylic acids is 1. The van der Waals surface area contributed by atoms with Crippen molar-refractivity contribution >= 4 is 42.9 Å². The predicted molar refractivity (Wildman–Crippen MR) is 130 cm³/mol. The molecule has 0 atom stereocenters. The number of nitrogens with zero attached hydrogens (tertiary/aromatic N) is 2. The first-order valence-electron chi connectivity index (χ1n) is 10.1. The van der Waals surface area contributed by atoms with Crippen molar-refractivity contribution in [2.45, 2.75) is 18.4 Å². The first-order valence-corrected chi connectivity index (χ1v) is 12.3. The summed E-state index contributed by atoms with van der Waals surface area (Å²) in [4.78, 5) is 21.6. The first-order chi connectivity index (χ1) is 16.3. The van der Waals surface area contributed by atoms with Crippen LogP contribution in [0, 0.1) is 6.92 Å². The molecule has 0 saturated heterocycles. The molecule has 2 aromatic heterocycles. The Bertz CT molecular complexity index is 1470. The zero-order valence-electron chi connectivity index (χ0n) is 18.3. The number of rotatable bonds is 7. The topological polar surface area (TPSA) is 107 Å². The standard InChI is InChI=1S/C24H20BrN3O5S/c1-15-8-10-18(11-9-15)34(30,31)33-22-20-19(7-4-12-26-20)23(25)28-21(22)24(29)27-14-16-5-3-6-17(13-16)32-2/h3-13H,14H2,1-2H3,(H,27,29). The Morgan fingerprint density at radius 3 is 2.59 bits per heavy atom. The molecule has 0 aliphatic rings. The third kappa shape index (κ3) is 5.02. The zero-order chi connectivity index (χ0) is 24.3. The van der Waals surface area contributed by atoms with Gasteiger partial charge in [-0.1, -0.05) is 29.8 Å². The number of carbonyl (C=O) groups is 1. The molecule has 34 heavy (non-hydrogen) atoms. The van der Waals surface area contributed by atoms with Crippen LogP contribution < -0.4 is 14.2 Å². The second-order valence-electron chi connectivity index (χ2n) is 7.36. The van der Waals surface area contributed by atoms with Crippen molar-refractivity contribution in [3.05, 3.63) is 88.3 Å². The van der Waals surface area contributed by atoms with Crippen molar-refractivity contribution in [3.8, 4) is 11.5 Å². The third-order valence-corrected chi connectivity index (χ3v) is 6.82. The van der Waals surface area contributed by atoms with Gasteiger partial charge in [0.15, 0.2) is 5.69 Å². The van der Waals surface area contributed by atoms with Crippen LogP contribution in [0.15, 0.2) is 76.4 Å². The summed E-state index contributed by atoms with van der Waals surface area (Å²) in [6, 6.07) is 16.8. The Kier molecular flexibility index (Phi) is 6.80. The Morgan fingerprint density at radius 2 is 1.85 bits per heavy atom. The Balaban J connectivity index is 1.73. The summed E-state index contributed by atoms with van der Waals surface area (Å²) in [6.45, 7) is 2.01. The number of hydrogen-bond acceptors (Lipinski definition) is 7. The molecular formula is C24H20BrN3O5S. The van der Waals surface area contributed by atoms with E-state index >= 15 is 0 Å². The number of ether oxygens (including phenoxy) is 1. The summed E-state index contributed by atoms with van der Waals surface area (Å²) in [5.41, 5.74) is 1.66. The molecule has 0 spiro atoms. The second kappa shape index (κ2) is 9.78. The van der Waals surface area contributed by atoms with Crippen LogP contribution >= 0.6 is 15.9 Å². The summed E-state index contributed by atoms with van der Waals surface area (Å²) in [6.07, 6.45) is 1.48. The van der Waals surface area contributed by atoms with Crippen LogP contribution in [0.2, 0.25) is 0 Å². The number of benzene rings is 2. The molecule has 2 aromatic carbocycles. The van der Waals surface area contributed by atoms with E-state index in [1.54, 1.807) is 49.6 Å². The van der Waals surface area contributed by atoms with E-state index in [1.165, 1.54) is 18.3 Å². The van der Waals surface area contributed by atoms with Gasteiger partial charge in [-0.15, -0.1) is 0 Å². The Morgan fingerprint density at radius 1 is 1.09 bits per heavy atom. The fourth-order valence-corrected chi connectivity index (χ4v) is 4.66. The second-order valence-corrected chi connectivity index (χ2v) is 9.66. The minimum Gasteiger partial charge on any atom is -0.497 e. The Hall–Kier alpha value is -3.50. The molecule has 0 bridgehead atoms. The highest BCUT2D eigenvalue weighted by Gasteiger charge is 2.26. The van der Waals surface area contributed by atoms with Crippen LogP contribution in [0.1, 0.15) is 21.6 Å². The van der Waals surface area contributed by atoms with E-state index in [4.69, 9.17) is 8.92 Å². The average Bonchev–Trinajstić information content (AvgIpc) is 2.84. The molecule has 1 N–H and O–H groups in total. The number of amides is 1. The number of hydrogen-bond donors (Lipinski definition) is 1. The van der Waals surface area contributed by atoms with Crippen LogP contribution in [0.25, 0.3) is 10.9 Å². The predicted octanol–water partition coefficient (Wildman–Crippen LogP) is 4.41. The van der Waals surface area contributed by atoms with E-state index in [9.17, 15) is 13.2 Å². The number of methoxy groups -OCH3 is 1. The van der Waals surface area contributed by atoms with Crippen molar-refractivity contribution in [1.29, 1.82) is 0 Å². The molecule has 1 amide bonds. The summed E-state index contributed by atoms with van der Waals surface area (Å²) < 4.78 is 37.1. The molecule has 174 valence electrons. The summed E-state index contributed by atoms with van der Waals surface area (Å²) in [5.74, 6) is -0.219. The minimum atomic E-state index is -4.26.